The average Bonchev–Trinajstić information content (AvgIpc) is 2.66. The number of hydrogen-bond acceptors (Lipinski definition) is 2. The first-order valence-corrected chi connectivity index (χ1v) is 8.30. The van der Waals surface area contributed by atoms with Crippen LogP contribution in [-0.2, 0) is 26.3 Å². The first-order valence-electron chi connectivity index (χ1n) is 6.71. The topological polar surface area (TPSA) is 43.8 Å². The Morgan fingerprint density at radius 1 is 1.30 bits per heavy atom. The quantitative estimate of drug-likeness (QED) is 0.832. The van der Waals surface area contributed by atoms with Gasteiger partial charge in [0.2, 0.25) is 0 Å². The fourth-order valence-corrected chi connectivity index (χ4v) is 3.55. The van der Waals surface area contributed by atoms with Crippen molar-refractivity contribution in [3.8, 4) is 0 Å². The Bertz CT molecular complexity index is 593. The number of benzene rings is 1. The Morgan fingerprint density at radius 2 is 2.05 bits per heavy atom. The van der Waals surface area contributed by atoms with Crippen LogP contribution in [-0.4, -0.2) is 15.8 Å². The third kappa shape index (κ3) is 3.71. The van der Waals surface area contributed by atoms with E-state index < -0.39 is 0 Å². The maximum atomic E-state index is 6.30. The molecular formula is C15H19Br2N3. The maximum absolute atomic E-state index is 6.30. The summed E-state index contributed by atoms with van der Waals surface area (Å²) in [6.07, 6.45) is 2.60. The van der Waals surface area contributed by atoms with E-state index in [0.717, 1.165) is 33.9 Å². The highest BCUT2D eigenvalue weighted by Gasteiger charge is 2.15. The van der Waals surface area contributed by atoms with Gasteiger partial charge < -0.3 is 5.73 Å². The molecule has 1 aromatic carbocycles. The van der Waals surface area contributed by atoms with Gasteiger partial charge in [0.25, 0.3) is 0 Å². The smallest absolute Gasteiger partial charge is 0.0766 e. The summed E-state index contributed by atoms with van der Waals surface area (Å²) in [6, 6.07) is 8.39. The van der Waals surface area contributed by atoms with Gasteiger partial charge in [-0.15, -0.1) is 0 Å². The largest absolute Gasteiger partial charge is 0.327 e. The number of rotatable bonds is 5. The van der Waals surface area contributed by atoms with Crippen LogP contribution in [0.3, 0.4) is 0 Å². The van der Waals surface area contributed by atoms with Gasteiger partial charge in [-0.25, -0.2) is 0 Å². The molecular weight excluding hydrogens is 382 g/mol. The van der Waals surface area contributed by atoms with Crippen LogP contribution in [0.2, 0.25) is 0 Å². The van der Waals surface area contributed by atoms with Gasteiger partial charge in [-0.05, 0) is 46.5 Å². The lowest BCUT2D eigenvalue weighted by Crippen LogP contribution is -2.26. The molecule has 0 fully saturated rings. The summed E-state index contributed by atoms with van der Waals surface area (Å²) in [5.41, 5.74) is 9.82. The molecule has 0 spiro atoms. The number of hydrogen-bond donors (Lipinski definition) is 1. The van der Waals surface area contributed by atoms with Crippen molar-refractivity contribution in [3.63, 3.8) is 0 Å². The maximum Gasteiger partial charge on any atom is 0.0766 e. The molecule has 2 N–H and O–H groups in total. The SMILES string of the molecule is CCc1nn(C)c(CC(N)Cc2cccc(Br)c2)c1Br. The Labute approximate surface area is 136 Å². The number of nitrogens with two attached hydrogens (primary N) is 1. The summed E-state index contributed by atoms with van der Waals surface area (Å²) in [4.78, 5) is 0. The molecule has 5 heteroatoms. The fraction of sp³-hybridized carbons (Fsp3) is 0.400. The highest BCUT2D eigenvalue weighted by atomic mass is 79.9. The van der Waals surface area contributed by atoms with E-state index >= 15 is 0 Å². The first-order chi connectivity index (χ1) is 9.51. The summed E-state index contributed by atoms with van der Waals surface area (Å²) < 4.78 is 4.13. The minimum atomic E-state index is 0.0840. The highest BCUT2D eigenvalue weighted by Crippen LogP contribution is 2.23. The molecule has 20 heavy (non-hydrogen) atoms. The molecule has 2 rings (SSSR count). The zero-order valence-corrected chi connectivity index (χ0v) is 14.9. The molecule has 0 aliphatic rings. The Balaban J connectivity index is 2.08. The molecule has 0 aliphatic heterocycles. The summed E-state index contributed by atoms with van der Waals surface area (Å²) in [6.45, 7) is 2.11. The van der Waals surface area contributed by atoms with Crippen LogP contribution in [0, 0.1) is 0 Å². The number of halogens is 2. The molecule has 0 saturated carbocycles. The molecule has 2 aromatic rings. The van der Waals surface area contributed by atoms with Crippen molar-refractivity contribution in [1.29, 1.82) is 0 Å². The van der Waals surface area contributed by atoms with Crippen LogP contribution in [0.15, 0.2) is 33.2 Å². The summed E-state index contributed by atoms with van der Waals surface area (Å²) in [7, 11) is 1.98. The van der Waals surface area contributed by atoms with Crippen LogP contribution >= 0.6 is 31.9 Å². The molecule has 3 nitrogen and oxygen atoms in total. The molecule has 0 radical (unpaired) electrons. The van der Waals surface area contributed by atoms with Crippen molar-refractivity contribution in [1.82, 2.24) is 9.78 Å². The molecule has 108 valence electrons. The van der Waals surface area contributed by atoms with Gasteiger partial charge in [0.05, 0.1) is 15.9 Å². The normalized spacial score (nSPS) is 12.7. The average molecular weight is 401 g/mol. The van der Waals surface area contributed by atoms with Gasteiger partial charge in [-0.1, -0.05) is 35.0 Å². The van der Waals surface area contributed by atoms with E-state index in [-0.39, 0.29) is 6.04 Å². The van der Waals surface area contributed by atoms with Crippen molar-refractivity contribution in [2.45, 2.75) is 32.2 Å². The zero-order chi connectivity index (χ0) is 14.7. The molecule has 0 aliphatic carbocycles. The second-order valence-electron chi connectivity index (χ2n) is 4.98. The van der Waals surface area contributed by atoms with Gasteiger partial charge in [-0.3, -0.25) is 4.68 Å². The third-order valence-corrected chi connectivity index (χ3v) is 4.75. The van der Waals surface area contributed by atoms with Gasteiger partial charge in [0, 0.05) is 24.0 Å². The summed E-state index contributed by atoms with van der Waals surface area (Å²) >= 11 is 7.13. The van der Waals surface area contributed by atoms with Crippen molar-refractivity contribution in [2.75, 3.05) is 0 Å². The third-order valence-electron chi connectivity index (χ3n) is 3.35. The fourth-order valence-electron chi connectivity index (χ4n) is 2.33. The van der Waals surface area contributed by atoms with E-state index in [1.807, 2.05) is 23.9 Å². The lowest BCUT2D eigenvalue weighted by atomic mass is 10.0. The Hall–Kier alpha value is -0.650. The Kier molecular flexibility index (Phi) is 5.41. The Morgan fingerprint density at radius 3 is 2.65 bits per heavy atom. The summed E-state index contributed by atoms with van der Waals surface area (Å²) in [5, 5.41) is 4.51. The van der Waals surface area contributed by atoms with Gasteiger partial charge in [0.15, 0.2) is 0 Å². The van der Waals surface area contributed by atoms with E-state index in [1.54, 1.807) is 0 Å². The minimum absolute atomic E-state index is 0.0840. The molecule has 1 unspecified atom stereocenters. The van der Waals surface area contributed by atoms with Crippen LogP contribution in [0.1, 0.15) is 23.9 Å². The van der Waals surface area contributed by atoms with Crippen LogP contribution in [0.5, 0.6) is 0 Å². The summed E-state index contributed by atoms with van der Waals surface area (Å²) in [5.74, 6) is 0. The van der Waals surface area contributed by atoms with Gasteiger partial charge in [-0.2, -0.15) is 5.10 Å². The molecule has 0 bridgehead atoms. The molecule has 1 atom stereocenters. The zero-order valence-electron chi connectivity index (χ0n) is 11.7. The lowest BCUT2D eigenvalue weighted by Gasteiger charge is -2.12. The predicted octanol–water partition coefficient (Wildman–Crippen LogP) is 3.62. The van der Waals surface area contributed by atoms with E-state index in [9.17, 15) is 0 Å². The van der Waals surface area contributed by atoms with E-state index in [2.05, 4.69) is 56.0 Å². The van der Waals surface area contributed by atoms with E-state index in [4.69, 9.17) is 5.73 Å². The molecule has 1 heterocycles. The van der Waals surface area contributed by atoms with Gasteiger partial charge >= 0.3 is 0 Å². The highest BCUT2D eigenvalue weighted by molar-refractivity contribution is 9.10. The second kappa shape index (κ2) is 6.87. The molecule has 0 amide bonds. The van der Waals surface area contributed by atoms with Crippen LogP contribution in [0.25, 0.3) is 0 Å². The van der Waals surface area contributed by atoms with Crippen molar-refractivity contribution in [2.24, 2.45) is 12.8 Å². The molecule has 1 aromatic heterocycles. The van der Waals surface area contributed by atoms with Crippen LogP contribution < -0.4 is 5.73 Å². The standard InChI is InChI=1S/C15H19Br2N3/c1-3-13-15(17)14(20(2)19-13)9-12(18)8-10-5-4-6-11(16)7-10/h4-7,12H,3,8-9,18H2,1-2H3. The molecule has 0 saturated heterocycles. The predicted molar refractivity (Wildman–Crippen MR) is 89.8 cm³/mol. The number of aryl methyl sites for hydroxylation is 2. The first kappa shape index (κ1) is 15.7. The van der Waals surface area contributed by atoms with Crippen LogP contribution in [0.4, 0.5) is 0 Å². The van der Waals surface area contributed by atoms with Crippen molar-refractivity contribution < 1.29 is 0 Å². The van der Waals surface area contributed by atoms with Crippen molar-refractivity contribution >= 4 is 31.9 Å². The van der Waals surface area contributed by atoms with E-state index in [1.165, 1.54) is 11.3 Å². The monoisotopic (exact) mass is 399 g/mol. The van der Waals surface area contributed by atoms with Crippen molar-refractivity contribution in [3.05, 3.63) is 50.2 Å². The minimum Gasteiger partial charge on any atom is -0.327 e. The lowest BCUT2D eigenvalue weighted by molar-refractivity contribution is 0.610. The van der Waals surface area contributed by atoms with Gasteiger partial charge in [0.1, 0.15) is 0 Å². The number of aromatic nitrogens is 2. The van der Waals surface area contributed by atoms with E-state index in [0.29, 0.717) is 0 Å². The number of nitrogens with zero attached hydrogens (tertiary/aromatic N) is 2. The second-order valence-corrected chi connectivity index (χ2v) is 6.69.